The van der Waals surface area contributed by atoms with Crippen LogP contribution in [0.5, 0.6) is 0 Å². The number of nitrogens with two attached hydrogens (primary N) is 1. The van der Waals surface area contributed by atoms with Gasteiger partial charge in [0.1, 0.15) is 11.0 Å². The number of hydrogen-bond donors (Lipinski definition) is 3. The lowest BCUT2D eigenvalue weighted by Gasteiger charge is -2.19. The van der Waals surface area contributed by atoms with Crippen LogP contribution in [0.15, 0.2) is 36.4 Å². The van der Waals surface area contributed by atoms with Crippen LogP contribution in [-0.4, -0.2) is 29.6 Å². The zero-order chi connectivity index (χ0) is 16.9. The van der Waals surface area contributed by atoms with Crippen molar-refractivity contribution < 1.29 is 0 Å². The van der Waals surface area contributed by atoms with E-state index in [4.69, 9.17) is 17.3 Å². The summed E-state index contributed by atoms with van der Waals surface area (Å²) in [6.45, 7) is 0.890. The molecule has 1 saturated heterocycles. The molecule has 2 unspecified atom stereocenters. The highest BCUT2D eigenvalue weighted by molar-refractivity contribution is 6.29. The average Bonchev–Trinajstić information content (AvgIpc) is 3.03. The van der Waals surface area contributed by atoms with Crippen LogP contribution in [0.25, 0.3) is 0 Å². The van der Waals surface area contributed by atoms with E-state index in [1.54, 1.807) is 6.07 Å². The van der Waals surface area contributed by atoms with Gasteiger partial charge in [0.2, 0.25) is 5.95 Å². The predicted molar refractivity (Wildman–Crippen MR) is 97.8 cm³/mol. The second kappa shape index (κ2) is 7.79. The molecule has 7 heteroatoms. The molecule has 1 aliphatic rings. The number of nitrogens with one attached hydrogen (secondary N) is 2. The molecule has 0 saturated carbocycles. The van der Waals surface area contributed by atoms with Crippen LogP contribution >= 0.6 is 11.6 Å². The summed E-state index contributed by atoms with van der Waals surface area (Å²) in [4.78, 5) is 10.2. The van der Waals surface area contributed by atoms with Crippen molar-refractivity contribution in [2.45, 2.75) is 31.3 Å². The zero-order valence-corrected chi connectivity index (χ0v) is 14.5. The number of halogens is 1. The minimum atomic E-state index is 0.205. The van der Waals surface area contributed by atoms with Crippen LogP contribution in [0.4, 0.5) is 11.8 Å². The fourth-order valence-corrected chi connectivity index (χ4v) is 3.21. The molecule has 2 aromatic rings. The smallest absolute Gasteiger partial charge is 0.223 e. The maximum Gasteiger partial charge on any atom is 0.223 e. The Bertz CT molecular complexity index is 645. The van der Waals surface area contributed by atoms with E-state index in [1.807, 2.05) is 13.1 Å². The monoisotopic (exact) mass is 346 g/mol. The van der Waals surface area contributed by atoms with Crippen LogP contribution in [0.1, 0.15) is 30.9 Å². The zero-order valence-electron chi connectivity index (χ0n) is 13.7. The fourth-order valence-electron chi connectivity index (χ4n) is 3.02. The van der Waals surface area contributed by atoms with E-state index in [9.17, 15) is 0 Å². The van der Waals surface area contributed by atoms with Crippen molar-refractivity contribution >= 4 is 23.4 Å². The minimum Gasteiger partial charge on any atom is -0.368 e. The first kappa shape index (κ1) is 17.0. The van der Waals surface area contributed by atoms with Crippen molar-refractivity contribution in [3.05, 3.63) is 47.1 Å². The molecular weight excluding hydrogens is 324 g/mol. The molecule has 1 aromatic heterocycles. The molecule has 3 rings (SSSR count). The van der Waals surface area contributed by atoms with Gasteiger partial charge < -0.3 is 10.6 Å². The Kier molecular flexibility index (Phi) is 5.50. The lowest BCUT2D eigenvalue weighted by atomic mass is 10.00. The van der Waals surface area contributed by atoms with Gasteiger partial charge in [-0.2, -0.15) is 4.98 Å². The Morgan fingerprint density at radius 1 is 1.25 bits per heavy atom. The standard InChI is InChI=1S/C17H23ClN6/c1-24(16-11-15(18)20-17(19)21-16)9-5-8-13-10-14(23-22-13)12-6-3-2-4-7-12/h2-4,6-7,11,13-14,22-23H,5,8-10H2,1H3,(H2,19,20,21). The summed E-state index contributed by atoms with van der Waals surface area (Å²) < 4.78 is 0. The lowest BCUT2D eigenvalue weighted by Crippen LogP contribution is -2.31. The molecule has 0 radical (unpaired) electrons. The molecular formula is C17H23ClN6. The second-order valence-electron chi connectivity index (χ2n) is 6.16. The van der Waals surface area contributed by atoms with E-state index in [1.165, 1.54) is 5.56 Å². The number of hydrogen-bond acceptors (Lipinski definition) is 6. The van der Waals surface area contributed by atoms with Gasteiger partial charge >= 0.3 is 0 Å². The Hall–Kier alpha value is -1.89. The highest BCUT2D eigenvalue weighted by Crippen LogP contribution is 2.24. The molecule has 2 atom stereocenters. The summed E-state index contributed by atoms with van der Waals surface area (Å²) in [7, 11) is 1.99. The number of nitrogen functional groups attached to an aromatic ring is 1. The Labute approximate surface area is 147 Å². The molecule has 0 bridgehead atoms. The van der Waals surface area contributed by atoms with Gasteiger partial charge in [0.25, 0.3) is 0 Å². The van der Waals surface area contributed by atoms with Crippen LogP contribution in [-0.2, 0) is 0 Å². The number of nitrogens with zero attached hydrogens (tertiary/aromatic N) is 3. The fraction of sp³-hybridized carbons (Fsp3) is 0.412. The Balaban J connectivity index is 1.45. The van der Waals surface area contributed by atoms with E-state index in [0.717, 1.165) is 31.6 Å². The van der Waals surface area contributed by atoms with Gasteiger partial charge in [0.05, 0.1) is 0 Å². The third-order valence-corrected chi connectivity index (χ3v) is 4.51. The first-order valence-electron chi connectivity index (χ1n) is 8.19. The number of hydrazine groups is 1. The third kappa shape index (κ3) is 4.35. The van der Waals surface area contributed by atoms with Crippen molar-refractivity contribution in [1.29, 1.82) is 0 Å². The van der Waals surface area contributed by atoms with Gasteiger partial charge in [-0.05, 0) is 24.8 Å². The van der Waals surface area contributed by atoms with E-state index in [0.29, 0.717) is 17.2 Å². The van der Waals surface area contributed by atoms with Gasteiger partial charge in [-0.15, -0.1) is 0 Å². The van der Waals surface area contributed by atoms with E-state index in [-0.39, 0.29) is 5.95 Å². The van der Waals surface area contributed by atoms with Crippen LogP contribution in [0.2, 0.25) is 5.15 Å². The second-order valence-corrected chi connectivity index (χ2v) is 6.54. The molecule has 1 fully saturated rings. The first-order chi connectivity index (χ1) is 11.6. The van der Waals surface area contributed by atoms with Crippen molar-refractivity contribution in [3.63, 3.8) is 0 Å². The molecule has 1 aromatic carbocycles. The quantitative estimate of drug-likeness (QED) is 0.698. The molecule has 4 N–H and O–H groups in total. The highest BCUT2D eigenvalue weighted by atomic mass is 35.5. The largest absolute Gasteiger partial charge is 0.368 e. The lowest BCUT2D eigenvalue weighted by molar-refractivity contribution is 0.502. The van der Waals surface area contributed by atoms with Gasteiger partial charge in [0, 0.05) is 31.7 Å². The molecule has 128 valence electrons. The van der Waals surface area contributed by atoms with Crippen molar-refractivity contribution in [2.75, 3.05) is 24.2 Å². The Morgan fingerprint density at radius 2 is 2.04 bits per heavy atom. The molecule has 24 heavy (non-hydrogen) atoms. The molecule has 0 amide bonds. The molecule has 0 spiro atoms. The summed E-state index contributed by atoms with van der Waals surface area (Å²) in [5.41, 5.74) is 13.8. The van der Waals surface area contributed by atoms with Gasteiger partial charge in [-0.3, -0.25) is 10.9 Å². The summed E-state index contributed by atoms with van der Waals surface area (Å²) in [5, 5.41) is 0.372. The molecule has 0 aliphatic carbocycles. The van der Waals surface area contributed by atoms with E-state index >= 15 is 0 Å². The van der Waals surface area contributed by atoms with Gasteiger partial charge in [0.15, 0.2) is 0 Å². The van der Waals surface area contributed by atoms with Gasteiger partial charge in [-0.1, -0.05) is 41.9 Å². The number of anilines is 2. The number of benzene rings is 1. The number of aromatic nitrogens is 2. The number of rotatable bonds is 6. The predicted octanol–water partition coefficient (Wildman–Crippen LogP) is 2.54. The Morgan fingerprint density at radius 3 is 2.79 bits per heavy atom. The highest BCUT2D eigenvalue weighted by Gasteiger charge is 2.24. The van der Waals surface area contributed by atoms with Crippen LogP contribution in [0, 0.1) is 0 Å². The van der Waals surface area contributed by atoms with Crippen molar-refractivity contribution in [1.82, 2.24) is 20.8 Å². The van der Waals surface area contributed by atoms with Crippen LogP contribution in [0.3, 0.4) is 0 Å². The summed E-state index contributed by atoms with van der Waals surface area (Å²) in [5.74, 6) is 0.962. The minimum absolute atomic E-state index is 0.205. The third-order valence-electron chi connectivity index (χ3n) is 4.32. The summed E-state index contributed by atoms with van der Waals surface area (Å²) in [6.07, 6.45) is 3.24. The van der Waals surface area contributed by atoms with Crippen LogP contribution < -0.4 is 21.5 Å². The van der Waals surface area contributed by atoms with E-state index in [2.05, 4.69) is 50.0 Å². The summed E-state index contributed by atoms with van der Waals surface area (Å²) >= 11 is 5.93. The normalized spacial score (nSPS) is 20.2. The molecule has 1 aliphatic heterocycles. The SMILES string of the molecule is CN(CCCC1CC(c2ccccc2)NN1)c1cc(Cl)nc(N)n1. The van der Waals surface area contributed by atoms with Gasteiger partial charge in [-0.25, -0.2) is 4.98 Å². The maximum atomic E-state index is 5.93. The molecule has 6 nitrogen and oxygen atoms in total. The van der Waals surface area contributed by atoms with Crippen molar-refractivity contribution in [3.8, 4) is 0 Å². The first-order valence-corrected chi connectivity index (χ1v) is 8.57. The average molecular weight is 347 g/mol. The maximum absolute atomic E-state index is 5.93. The summed E-state index contributed by atoms with van der Waals surface area (Å²) in [6, 6.07) is 13.1. The van der Waals surface area contributed by atoms with Crippen molar-refractivity contribution in [2.24, 2.45) is 0 Å². The topological polar surface area (TPSA) is 79.1 Å². The van der Waals surface area contributed by atoms with E-state index < -0.39 is 0 Å². The molecule has 2 heterocycles.